The van der Waals surface area contributed by atoms with Crippen molar-refractivity contribution in [1.29, 1.82) is 0 Å². The largest absolute Gasteiger partial charge is 0.330 e. The highest BCUT2D eigenvalue weighted by atomic mass is 32.2. The summed E-state index contributed by atoms with van der Waals surface area (Å²) >= 11 is 0. The summed E-state index contributed by atoms with van der Waals surface area (Å²) in [6.07, 6.45) is 8.27. The van der Waals surface area contributed by atoms with Gasteiger partial charge in [0, 0.05) is 5.75 Å². The molecule has 3 nitrogen and oxygen atoms in total. The zero-order valence-corrected chi connectivity index (χ0v) is 13.4. The third-order valence-corrected chi connectivity index (χ3v) is 6.51. The molecule has 1 aliphatic rings. The van der Waals surface area contributed by atoms with E-state index >= 15 is 0 Å². The van der Waals surface area contributed by atoms with Crippen LogP contribution in [-0.4, -0.2) is 26.5 Å². The van der Waals surface area contributed by atoms with Crippen LogP contribution in [0.3, 0.4) is 0 Å². The lowest BCUT2D eigenvalue weighted by Crippen LogP contribution is -2.30. The lowest BCUT2D eigenvalue weighted by Gasteiger charge is -2.35. The zero-order valence-electron chi connectivity index (χ0n) is 12.6. The third-order valence-electron chi connectivity index (χ3n) is 4.72. The molecule has 19 heavy (non-hydrogen) atoms. The minimum atomic E-state index is -2.80. The Kier molecular flexibility index (Phi) is 7.37. The fourth-order valence-electron chi connectivity index (χ4n) is 3.47. The molecule has 0 aromatic carbocycles. The van der Waals surface area contributed by atoms with E-state index < -0.39 is 9.84 Å². The topological polar surface area (TPSA) is 60.2 Å². The van der Waals surface area contributed by atoms with Crippen molar-refractivity contribution >= 4 is 9.84 Å². The van der Waals surface area contributed by atoms with Gasteiger partial charge in [-0.2, -0.15) is 0 Å². The van der Waals surface area contributed by atoms with Gasteiger partial charge in [0.2, 0.25) is 0 Å². The third kappa shape index (κ3) is 5.82. The van der Waals surface area contributed by atoms with E-state index in [-0.39, 0.29) is 5.75 Å². The number of hydrogen-bond donors (Lipinski definition) is 1. The molecule has 0 radical (unpaired) electrons. The van der Waals surface area contributed by atoms with Crippen molar-refractivity contribution in [2.75, 3.05) is 18.1 Å². The van der Waals surface area contributed by atoms with Crippen LogP contribution in [0, 0.1) is 17.8 Å². The SMILES string of the molecule is CCCC1CCC(CN)C(CCCS(=O)(=O)CC)C1. The summed E-state index contributed by atoms with van der Waals surface area (Å²) in [7, 11) is -2.80. The van der Waals surface area contributed by atoms with Crippen molar-refractivity contribution < 1.29 is 8.42 Å². The van der Waals surface area contributed by atoms with Crippen LogP contribution in [0.15, 0.2) is 0 Å². The molecule has 0 spiro atoms. The van der Waals surface area contributed by atoms with Crippen LogP contribution >= 0.6 is 0 Å². The quantitative estimate of drug-likeness (QED) is 0.747. The van der Waals surface area contributed by atoms with Gasteiger partial charge < -0.3 is 5.73 Å². The predicted molar refractivity (Wildman–Crippen MR) is 81.8 cm³/mol. The van der Waals surface area contributed by atoms with Crippen LogP contribution in [0.25, 0.3) is 0 Å². The number of nitrogens with two attached hydrogens (primary N) is 1. The molecule has 4 heteroatoms. The van der Waals surface area contributed by atoms with Crippen molar-refractivity contribution in [2.45, 2.75) is 58.8 Å². The highest BCUT2D eigenvalue weighted by molar-refractivity contribution is 7.91. The van der Waals surface area contributed by atoms with Crippen molar-refractivity contribution in [2.24, 2.45) is 23.5 Å². The first-order valence-electron chi connectivity index (χ1n) is 7.92. The molecule has 3 unspecified atom stereocenters. The average Bonchev–Trinajstić information content (AvgIpc) is 2.39. The van der Waals surface area contributed by atoms with E-state index in [0.717, 1.165) is 25.3 Å². The second kappa shape index (κ2) is 8.25. The monoisotopic (exact) mass is 289 g/mol. The Bertz CT molecular complexity index is 340. The van der Waals surface area contributed by atoms with Crippen LogP contribution in [0.4, 0.5) is 0 Å². The first kappa shape index (κ1) is 17.0. The minimum absolute atomic E-state index is 0.274. The Morgan fingerprint density at radius 2 is 1.84 bits per heavy atom. The van der Waals surface area contributed by atoms with Crippen molar-refractivity contribution in [3.63, 3.8) is 0 Å². The van der Waals surface area contributed by atoms with E-state index in [9.17, 15) is 8.42 Å². The van der Waals surface area contributed by atoms with Gasteiger partial charge in [-0.1, -0.05) is 33.1 Å². The molecule has 0 amide bonds. The van der Waals surface area contributed by atoms with Crippen LogP contribution in [0.2, 0.25) is 0 Å². The molecule has 0 heterocycles. The summed E-state index contributed by atoms with van der Waals surface area (Å²) in [5.74, 6) is 2.76. The maximum absolute atomic E-state index is 11.5. The Hall–Kier alpha value is -0.0900. The van der Waals surface area contributed by atoms with Gasteiger partial charge in [0.1, 0.15) is 9.84 Å². The van der Waals surface area contributed by atoms with Crippen LogP contribution in [0.1, 0.15) is 58.8 Å². The van der Waals surface area contributed by atoms with Gasteiger partial charge in [0.15, 0.2) is 0 Å². The first-order valence-corrected chi connectivity index (χ1v) is 9.75. The molecule has 0 aromatic rings. The Morgan fingerprint density at radius 3 is 2.42 bits per heavy atom. The Balaban J connectivity index is 2.43. The van der Waals surface area contributed by atoms with E-state index in [4.69, 9.17) is 5.73 Å². The maximum atomic E-state index is 11.5. The molecule has 0 aromatic heterocycles. The van der Waals surface area contributed by atoms with Gasteiger partial charge in [-0.15, -0.1) is 0 Å². The Morgan fingerprint density at radius 1 is 1.11 bits per heavy atom. The average molecular weight is 289 g/mol. The standard InChI is InChI=1S/C15H31NO2S/c1-3-6-13-8-9-15(12-16)14(11-13)7-5-10-19(17,18)4-2/h13-15H,3-12,16H2,1-2H3. The van der Waals surface area contributed by atoms with E-state index in [1.165, 1.54) is 32.1 Å². The highest BCUT2D eigenvalue weighted by Gasteiger charge is 2.29. The van der Waals surface area contributed by atoms with Gasteiger partial charge in [-0.05, 0) is 50.0 Å². The minimum Gasteiger partial charge on any atom is -0.330 e. The van der Waals surface area contributed by atoms with Crippen LogP contribution < -0.4 is 5.73 Å². The number of hydrogen-bond acceptors (Lipinski definition) is 3. The van der Waals surface area contributed by atoms with Gasteiger partial charge in [-0.3, -0.25) is 0 Å². The van der Waals surface area contributed by atoms with Crippen molar-refractivity contribution in [1.82, 2.24) is 0 Å². The smallest absolute Gasteiger partial charge is 0.150 e. The number of sulfone groups is 1. The second-order valence-electron chi connectivity index (χ2n) is 6.10. The lowest BCUT2D eigenvalue weighted by molar-refractivity contribution is 0.167. The molecular formula is C15H31NO2S. The molecule has 1 aliphatic carbocycles. The molecule has 1 fully saturated rings. The molecule has 0 bridgehead atoms. The lowest BCUT2D eigenvalue weighted by atomic mass is 9.71. The van der Waals surface area contributed by atoms with Crippen molar-refractivity contribution in [3.05, 3.63) is 0 Å². The zero-order chi connectivity index (χ0) is 14.3. The molecule has 3 atom stereocenters. The highest BCUT2D eigenvalue weighted by Crippen LogP contribution is 2.38. The molecular weight excluding hydrogens is 258 g/mol. The predicted octanol–water partition coefficient (Wildman–Crippen LogP) is 2.99. The fourth-order valence-corrected chi connectivity index (χ4v) is 4.36. The molecule has 114 valence electrons. The molecule has 1 rings (SSSR count). The fraction of sp³-hybridized carbons (Fsp3) is 1.00. The molecule has 0 aliphatic heterocycles. The summed E-state index contributed by atoms with van der Waals surface area (Å²) < 4.78 is 23.1. The van der Waals surface area contributed by atoms with E-state index in [1.807, 2.05) is 0 Å². The van der Waals surface area contributed by atoms with Gasteiger partial charge in [0.25, 0.3) is 0 Å². The van der Waals surface area contributed by atoms with Gasteiger partial charge >= 0.3 is 0 Å². The van der Waals surface area contributed by atoms with Gasteiger partial charge in [-0.25, -0.2) is 8.42 Å². The summed E-state index contributed by atoms with van der Waals surface area (Å²) in [5, 5.41) is 0. The van der Waals surface area contributed by atoms with Gasteiger partial charge in [0.05, 0.1) is 5.75 Å². The van der Waals surface area contributed by atoms with E-state index in [2.05, 4.69) is 6.92 Å². The van der Waals surface area contributed by atoms with Crippen molar-refractivity contribution in [3.8, 4) is 0 Å². The second-order valence-corrected chi connectivity index (χ2v) is 8.57. The molecule has 1 saturated carbocycles. The molecule has 2 N–H and O–H groups in total. The molecule has 0 saturated heterocycles. The Labute approximate surface area is 119 Å². The van der Waals surface area contributed by atoms with E-state index in [0.29, 0.717) is 17.6 Å². The summed E-state index contributed by atoms with van der Waals surface area (Å²) in [6.45, 7) is 4.75. The van der Waals surface area contributed by atoms with E-state index in [1.54, 1.807) is 6.92 Å². The maximum Gasteiger partial charge on any atom is 0.150 e. The normalized spacial score (nSPS) is 28.5. The summed E-state index contributed by atoms with van der Waals surface area (Å²) in [6, 6.07) is 0. The van der Waals surface area contributed by atoms with Crippen LogP contribution in [-0.2, 0) is 9.84 Å². The summed E-state index contributed by atoms with van der Waals surface area (Å²) in [5.41, 5.74) is 5.88. The summed E-state index contributed by atoms with van der Waals surface area (Å²) in [4.78, 5) is 0. The van der Waals surface area contributed by atoms with Crippen LogP contribution in [0.5, 0.6) is 0 Å². The number of rotatable bonds is 8. The first-order chi connectivity index (χ1) is 9.02.